The summed E-state index contributed by atoms with van der Waals surface area (Å²) in [5.41, 5.74) is 1.27. The highest BCUT2D eigenvalue weighted by molar-refractivity contribution is 5.70. The molecule has 3 rings (SSSR count). The molecule has 0 saturated heterocycles. The molecule has 0 amide bonds. The van der Waals surface area contributed by atoms with Crippen LogP contribution in [0, 0.1) is 10.1 Å². The number of nitro benzene ring substituents is 1. The van der Waals surface area contributed by atoms with E-state index in [1.54, 1.807) is 23.4 Å². The number of fused-ring (bicyclic) bond motifs is 1. The number of H-pyrrole nitrogens is 1. The van der Waals surface area contributed by atoms with Gasteiger partial charge in [-0.3, -0.25) is 19.5 Å². The summed E-state index contributed by atoms with van der Waals surface area (Å²) in [5, 5.41) is 10.7. The van der Waals surface area contributed by atoms with Crippen molar-refractivity contribution < 1.29 is 4.92 Å². The first-order chi connectivity index (χ1) is 12.5. The second kappa shape index (κ2) is 7.13. The Morgan fingerprint density at radius 1 is 1.35 bits per heavy atom. The van der Waals surface area contributed by atoms with Crippen molar-refractivity contribution in [3.05, 3.63) is 56.6 Å². The molecule has 2 aromatic heterocycles. The highest BCUT2D eigenvalue weighted by atomic mass is 16.6. The van der Waals surface area contributed by atoms with E-state index in [4.69, 9.17) is 0 Å². The minimum atomic E-state index is -0.446. The summed E-state index contributed by atoms with van der Waals surface area (Å²) < 4.78 is 1.46. The third kappa shape index (κ3) is 3.58. The highest BCUT2D eigenvalue weighted by Gasteiger charge is 2.12. The van der Waals surface area contributed by atoms with Crippen molar-refractivity contribution in [3.8, 4) is 0 Å². The fraction of sp³-hybridized carbons (Fsp3) is 0.250. The third-order valence-electron chi connectivity index (χ3n) is 3.70. The van der Waals surface area contributed by atoms with E-state index in [1.165, 1.54) is 23.0 Å². The van der Waals surface area contributed by atoms with Crippen LogP contribution in [0.5, 0.6) is 0 Å². The minimum Gasteiger partial charge on any atom is -0.369 e. The summed E-state index contributed by atoms with van der Waals surface area (Å²) in [6.07, 6.45) is 3.48. The topological polar surface area (TPSA) is 122 Å². The number of aromatic nitrogens is 4. The molecule has 0 fully saturated rings. The molecule has 0 aliphatic heterocycles. The van der Waals surface area contributed by atoms with Crippen molar-refractivity contribution in [1.29, 1.82) is 0 Å². The minimum absolute atomic E-state index is 0.0303. The van der Waals surface area contributed by atoms with E-state index >= 15 is 0 Å². The van der Waals surface area contributed by atoms with Crippen LogP contribution in [-0.4, -0.2) is 49.8 Å². The Morgan fingerprint density at radius 2 is 2.08 bits per heavy atom. The zero-order valence-corrected chi connectivity index (χ0v) is 14.3. The first-order valence-corrected chi connectivity index (χ1v) is 7.83. The summed E-state index contributed by atoms with van der Waals surface area (Å²) in [4.78, 5) is 40.1. The number of aryl methyl sites for hydroxylation is 1. The number of non-ortho nitro benzene ring substituents is 1. The van der Waals surface area contributed by atoms with Crippen LogP contribution >= 0.6 is 0 Å². The van der Waals surface area contributed by atoms with E-state index in [0.717, 1.165) is 5.56 Å². The molecule has 0 bridgehead atoms. The molecule has 0 spiro atoms. The van der Waals surface area contributed by atoms with Crippen molar-refractivity contribution in [2.24, 2.45) is 4.99 Å². The molecule has 10 nitrogen and oxygen atoms in total. The molecule has 0 radical (unpaired) electrons. The van der Waals surface area contributed by atoms with Gasteiger partial charge >= 0.3 is 0 Å². The lowest BCUT2D eigenvalue weighted by Gasteiger charge is -2.10. The fourth-order valence-electron chi connectivity index (χ4n) is 2.40. The van der Waals surface area contributed by atoms with E-state index in [2.05, 4.69) is 19.9 Å². The van der Waals surface area contributed by atoms with Gasteiger partial charge in [0.15, 0.2) is 11.2 Å². The molecule has 0 saturated carbocycles. The molecule has 0 atom stereocenters. The van der Waals surface area contributed by atoms with Gasteiger partial charge in [-0.2, -0.15) is 4.98 Å². The number of hydrogen-bond acceptors (Lipinski definition) is 6. The normalized spacial score (nSPS) is 11.3. The number of hydrogen-bond donors (Lipinski definition) is 1. The van der Waals surface area contributed by atoms with Gasteiger partial charge in [0.2, 0.25) is 5.95 Å². The second-order valence-corrected chi connectivity index (χ2v) is 5.85. The van der Waals surface area contributed by atoms with Gasteiger partial charge in [0.1, 0.15) is 0 Å². The van der Waals surface area contributed by atoms with Gasteiger partial charge in [-0.1, -0.05) is 12.1 Å². The smallest absolute Gasteiger partial charge is 0.281 e. The lowest BCUT2D eigenvalue weighted by atomic mass is 10.1. The molecule has 0 unspecified atom stereocenters. The lowest BCUT2D eigenvalue weighted by molar-refractivity contribution is -0.384. The number of nitrogens with one attached hydrogen (secondary N) is 1. The fourth-order valence-corrected chi connectivity index (χ4v) is 2.40. The zero-order valence-electron chi connectivity index (χ0n) is 14.3. The number of nitro groups is 1. The number of aromatic amines is 1. The Bertz CT molecular complexity index is 1020. The van der Waals surface area contributed by atoms with E-state index in [1.807, 2.05) is 14.1 Å². The molecule has 26 heavy (non-hydrogen) atoms. The van der Waals surface area contributed by atoms with Crippen LogP contribution in [0.15, 0.2) is 40.4 Å². The number of imidazole rings is 1. The number of aliphatic imine (C=N–C) groups is 1. The van der Waals surface area contributed by atoms with Crippen LogP contribution < -0.4 is 5.56 Å². The van der Waals surface area contributed by atoms with Gasteiger partial charge in [-0.15, -0.1) is 0 Å². The quantitative estimate of drug-likeness (QED) is 0.309. The maximum atomic E-state index is 12.7. The van der Waals surface area contributed by atoms with Gasteiger partial charge < -0.3 is 9.88 Å². The first kappa shape index (κ1) is 17.3. The van der Waals surface area contributed by atoms with E-state index in [0.29, 0.717) is 24.1 Å². The van der Waals surface area contributed by atoms with Crippen molar-refractivity contribution >= 4 is 29.1 Å². The highest BCUT2D eigenvalue weighted by Crippen LogP contribution is 2.15. The first-order valence-electron chi connectivity index (χ1n) is 7.83. The van der Waals surface area contributed by atoms with E-state index in [-0.39, 0.29) is 17.2 Å². The van der Waals surface area contributed by atoms with Crippen molar-refractivity contribution in [2.45, 2.75) is 13.0 Å². The average Bonchev–Trinajstić information content (AvgIpc) is 3.08. The molecule has 2 heterocycles. The Hall–Kier alpha value is -3.56. The van der Waals surface area contributed by atoms with Crippen LogP contribution in [0.3, 0.4) is 0 Å². The third-order valence-corrected chi connectivity index (χ3v) is 3.70. The lowest BCUT2D eigenvalue weighted by Crippen LogP contribution is -2.23. The molecule has 134 valence electrons. The molecular formula is C16H17N7O3. The Kier molecular flexibility index (Phi) is 4.74. The summed E-state index contributed by atoms with van der Waals surface area (Å²) >= 11 is 0. The van der Waals surface area contributed by atoms with Crippen molar-refractivity contribution in [3.63, 3.8) is 0 Å². The van der Waals surface area contributed by atoms with Crippen LogP contribution in [0.2, 0.25) is 0 Å². The van der Waals surface area contributed by atoms with E-state index in [9.17, 15) is 14.9 Å². The molecular weight excluding hydrogens is 338 g/mol. The van der Waals surface area contributed by atoms with Crippen LogP contribution in [0.25, 0.3) is 11.2 Å². The Balaban J connectivity index is 1.92. The molecule has 1 N–H and O–H groups in total. The van der Waals surface area contributed by atoms with Gasteiger partial charge in [-0.25, -0.2) is 9.98 Å². The largest absolute Gasteiger partial charge is 0.369 e. The Morgan fingerprint density at radius 3 is 2.73 bits per heavy atom. The SMILES string of the molecule is CN(C)/C=N/c1nc2nc[nH]c2c(=O)n1CCc1ccc([N+](=O)[O-])cc1. The maximum Gasteiger partial charge on any atom is 0.281 e. The predicted molar refractivity (Wildman–Crippen MR) is 96.8 cm³/mol. The van der Waals surface area contributed by atoms with Crippen molar-refractivity contribution in [2.75, 3.05) is 14.1 Å². The second-order valence-electron chi connectivity index (χ2n) is 5.85. The number of rotatable bonds is 6. The monoisotopic (exact) mass is 355 g/mol. The summed E-state index contributed by atoms with van der Waals surface area (Å²) in [7, 11) is 3.63. The zero-order chi connectivity index (χ0) is 18.7. The summed E-state index contributed by atoms with van der Waals surface area (Å²) in [5.74, 6) is 0.255. The maximum absolute atomic E-state index is 12.7. The molecule has 3 aromatic rings. The molecule has 0 aliphatic carbocycles. The number of nitrogens with zero attached hydrogens (tertiary/aromatic N) is 6. The average molecular weight is 355 g/mol. The van der Waals surface area contributed by atoms with E-state index < -0.39 is 4.92 Å². The summed E-state index contributed by atoms with van der Waals surface area (Å²) in [6, 6.07) is 6.24. The van der Waals surface area contributed by atoms with Crippen LogP contribution in [0.1, 0.15) is 5.56 Å². The van der Waals surface area contributed by atoms with Crippen LogP contribution in [-0.2, 0) is 13.0 Å². The summed E-state index contributed by atoms with van der Waals surface area (Å²) in [6.45, 7) is 0.332. The van der Waals surface area contributed by atoms with Gasteiger partial charge in [-0.05, 0) is 12.0 Å². The van der Waals surface area contributed by atoms with Gasteiger partial charge in [0.05, 0.1) is 17.6 Å². The van der Waals surface area contributed by atoms with Crippen molar-refractivity contribution in [1.82, 2.24) is 24.4 Å². The van der Waals surface area contributed by atoms with Crippen LogP contribution in [0.4, 0.5) is 11.6 Å². The van der Waals surface area contributed by atoms with Gasteiger partial charge in [0.25, 0.3) is 11.2 Å². The molecule has 1 aromatic carbocycles. The molecule has 10 heteroatoms. The Labute approximate surface area is 148 Å². The van der Waals surface area contributed by atoms with Gasteiger partial charge in [0, 0.05) is 32.8 Å². The standard InChI is InChI=1S/C16H17N7O3/c1-21(2)10-19-16-20-14-13(17-9-18-14)15(24)22(16)8-7-11-3-5-12(6-4-11)23(25)26/h3-6,9-10H,7-8H2,1-2H3,(H,17,18)/b19-10+. The number of benzene rings is 1. The molecule has 0 aliphatic rings. The predicted octanol–water partition coefficient (Wildman–Crippen LogP) is 1.49.